The molecule has 0 heterocycles. The molecule has 0 spiro atoms. The van der Waals surface area contributed by atoms with E-state index in [1.807, 2.05) is 25.1 Å². The first-order chi connectivity index (χ1) is 11.0. The molecule has 1 amide bonds. The maximum atomic E-state index is 12.0. The number of rotatable bonds is 6. The van der Waals surface area contributed by atoms with Gasteiger partial charge in [0.1, 0.15) is 0 Å². The van der Waals surface area contributed by atoms with Crippen molar-refractivity contribution in [3.8, 4) is 11.5 Å². The van der Waals surface area contributed by atoms with E-state index >= 15 is 0 Å². The zero-order chi connectivity index (χ0) is 16.8. The monoisotopic (exact) mass is 353 g/mol. The largest absolute Gasteiger partial charge is 0.493 e. The van der Waals surface area contributed by atoms with Crippen LogP contribution in [0.5, 0.6) is 11.5 Å². The minimum atomic E-state index is -0.241. The molecule has 0 saturated carbocycles. The van der Waals surface area contributed by atoms with Crippen LogP contribution >= 0.6 is 23.2 Å². The first-order valence-electron chi connectivity index (χ1n) is 7.01. The summed E-state index contributed by atoms with van der Waals surface area (Å²) in [5, 5.41) is 3.78. The van der Waals surface area contributed by atoms with E-state index in [1.165, 1.54) is 0 Å². The standard InChI is InChI=1S/C17H17Cl2NO3/c1-11(12-7-8-13(18)14(19)9-12)20-17(21)10-23-16-6-4-3-5-15(16)22-2/h3-9,11H,10H2,1-2H3,(H,20,21)/t11-/m0/s1. The molecule has 0 bridgehead atoms. The molecular formula is C17H17Cl2NO3. The molecular weight excluding hydrogens is 337 g/mol. The van der Waals surface area contributed by atoms with Crippen LogP contribution in [0.4, 0.5) is 0 Å². The van der Waals surface area contributed by atoms with Crippen molar-refractivity contribution in [3.63, 3.8) is 0 Å². The molecule has 1 N–H and O–H groups in total. The van der Waals surface area contributed by atoms with E-state index in [1.54, 1.807) is 31.4 Å². The van der Waals surface area contributed by atoms with Crippen LogP contribution in [0, 0.1) is 0 Å². The van der Waals surface area contributed by atoms with Gasteiger partial charge in [-0.25, -0.2) is 0 Å². The number of methoxy groups -OCH3 is 1. The molecule has 2 rings (SSSR count). The third-order valence-corrected chi connectivity index (χ3v) is 3.99. The Labute approximate surface area is 145 Å². The van der Waals surface area contributed by atoms with E-state index < -0.39 is 0 Å². The van der Waals surface area contributed by atoms with Gasteiger partial charge in [-0.3, -0.25) is 4.79 Å². The fourth-order valence-electron chi connectivity index (χ4n) is 2.03. The van der Waals surface area contributed by atoms with Crippen molar-refractivity contribution in [2.75, 3.05) is 13.7 Å². The minimum absolute atomic E-state index is 0.105. The molecule has 4 nitrogen and oxygen atoms in total. The lowest BCUT2D eigenvalue weighted by Crippen LogP contribution is -2.31. The number of amides is 1. The Hall–Kier alpha value is -1.91. The summed E-state index contributed by atoms with van der Waals surface area (Å²) in [5.74, 6) is 0.861. The molecule has 0 aliphatic heterocycles. The summed E-state index contributed by atoms with van der Waals surface area (Å²) in [6.07, 6.45) is 0. The second kappa shape index (κ2) is 8.09. The Morgan fingerprint density at radius 3 is 2.48 bits per heavy atom. The number of halogens is 2. The number of hydrogen-bond donors (Lipinski definition) is 1. The maximum absolute atomic E-state index is 12.0. The Kier molecular flexibility index (Phi) is 6.13. The van der Waals surface area contributed by atoms with E-state index in [0.29, 0.717) is 21.5 Å². The van der Waals surface area contributed by atoms with Crippen molar-refractivity contribution < 1.29 is 14.3 Å². The van der Waals surface area contributed by atoms with Gasteiger partial charge in [-0.1, -0.05) is 41.4 Å². The third kappa shape index (κ3) is 4.78. The highest BCUT2D eigenvalue weighted by molar-refractivity contribution is 6.42. The number of hydrogen-bond acceptors (Lipinski definition) is 3. The third-order valence-electron chi connectivity index (χ3n) is 3.25. The van der Waals surface area contributed by atoms with Gasteiger partial charge in [0.2, 0.25) is 0 Å². The predicted molar refractivity (Wildman–Crippen MR) is 91.5 cm³/mol. The van der Waals surface area contributed by atoms with Crippen LogP contribution in [-0.2, 0) is 4.79 Å². The quantitative estimate of drug-likeness (QED) is 0.843. The molecule has 0 aromatic heterocycles. The molecule has 1 atom stereocenters. The molecule has 23 heavy (non-hydrogen) atoms. The molecule has 2 aromatic rings. The topological polar surface area (TPSA) is 47.6 Å². The summed E-state index contributed by atoms with van der Waals surface area (Å²) < 4.78 is 10.7. The van der Waals surface area contributed by atoms with Gasteiger partial charge < -0.3 is 14.8 Å². The predicted octanol–water partition coefficient (Wildman–Crippen LogP) is 4.26. The lowest BCUT2D eigenvalue weighted by atomic mass is 10.1. The summed E-state index contributed by atoms with van der Waals surface area (Å²) in [6, 6.07) is 12.2. The average molecular weight is 354 g/mol. The smallest absolute Gasteiger partial charge is 0.258 e. The number of benzene rings is 2. The van der Waals surface area contributed by atoms with Crippen molar-refractivity contribution in [1.82, 2.24) is 5.32 Å². The van der Waals surface area contributed by atoms with Crippen LogP contribution in [0.1, 0.15) is 18.5 Å². The molecule has 0 fully saturated rings. The lowest BCUT2D eigenvalue weighted by Gasteiger charge is -2.16. The van der Waals surface area contributed by atoms with Crippen LogP contribution in [0.3, 0.4) is 0 Å². The molecule has 6 heteroatoms. The highest BCUT2D eigenvalue weighted by atomic mass is 35.5. The van der Waals surface area contributed by atoms with Crippen LogP contribution in [-0.4, -0.2) is 19.6 Å². The van der Waals surface area contributed by atoms with E-state index in [0.717, 1.165) is 5.56 Å². The summed E-state index contributed by atoms with van der Waals surface area (Å²) in [4.78, 5) is 12.0. The van der Waals surface area contributed by atoms with E-state index in [9.17, 15) is 4.79 Å². The first kappa shape index (κ1) is 17.4. The van der Waals surface area contributed by atoms with E-state index in [-0.39, 0.29) is 18.6 Å². The number of nitrogens with one attached hydrogen (secondary N) is 1. The van der Waals surface area contributed by atoms with E-state index in [2.05, 4.69) is 5.32 Å². The summed E-state index contributed by atoms with van der Waals surface area (Å²) in [6.45, 7) is 1.76. The zero-order valence-electron chi connectivity index (χ0n) is 12.8. The summed E-state index contributed by atoms with van der Waals surface area (Å²) in [7, 11) is 1.55. The summed E-state index contributed by atoms with van der Waals surface area (Å²) >= 11 is 11.9. The Balaban J connectivity index is 1.92. The van der Waals surface area contributed by atoms with Gasteiger partial charge in [0.15, 0.2) is 18.1 Å². The second-order valence-corrected chi connectivity index (χ2v) is 5.72. The Morgan fingerprint density at radius 1 is 1.13 bits per heavy atom. The van der Waals surface area contributed by atoms with Crippen molar-refractivity contribution in [2.24, 2.45) is 0 Å². The number of para-hydroxylation sites is 2. The van der Waals surface area contributed by atoms with Gasteiger partial charge >= 0.3 is 0 Å². The van der Waals surface area contributed by atoms with Crippen LogP contribution in [0.2, 0.25) is 10.0 Å². The molecule has 0 aliphatic carbocycles. The highest BCUT2D eigenvalue weighted by Gasteiger charge is 2.12. The number of carbonyl (C=O) groups is 1. The van der Waals surface area contributed by atoms with Gasteiger partial charge in [-0.05, 0) is 36.8 Å². The van der Waals surface area contributed by atoms with Crippen LogP contribution in [0.15, 0.2) is 42.5 Å². The lowest BCUT2D eigenvalue weighted by molar-refractivity contribution is -0.123. The minimum Gasteiger partial charge on any atom is -0.493 e. The van der Waals surface area contributed by atoms with Gasteiger partial charge in [0.25, 0.3) is 5.91 Å². The van der Waals surface area contributed by atoms with E-state index in [4.69, 9.17) is 32.7 Å². The van der Waals surface area contributed by atoms with Crippen LogP contribution < -0.4 is 14.8 Å². The second-order valence-electron chi connectivity index (χ2n) is 4.90. The van der Waals surface area contributed by atoms with Crippen molar-refractivity contribution >= 4 is 29.1 Å². The normalized spacial score (nSPS) is 11.7. The number of carbonyl (C=O) groups excluding carboxylic acids is 1. The molecule has 0 radical (unpaired) electrons. The van der Waals surface area contributed by atoms with Gasteiger partial charge in [0, 0.05) is 0 Å². The molecule has 0 saturated heterocycles. The van der Waals surface area contributed by atoms with Crippen molar-refractivity contribution in [2.45, 2.75) is 13.0 Å². The SMILES string of the molecule is COc1ccccc1OCC(=O)N[C@@H](C)c1ccc(Cl)c(Cl)c1. The van der Waals surface area contributed by atoms with Crippen molar-refractivity contribution in [1.29, 1.82) is 0 Å². The average Bonchev–Trinajstić information content (AvgIpc) is 2.55. The van der Waals surface area contributed by atoms with Gasteiger partial charge in [-0.15, -0.1) is 0 Å². The Bertz CT molecular complexity index is 691. The summed E-state index contributed by atoms with van der Waals surface area (Å²) in [5.41, 5.74) is 0.866. The molecule has 2 aromatic carbocycles. The van der Waals surface area contributed by atoms with Crippen molar-refractivity contribution in [3.05, 3.63) is 58.1 Å². The van der Waals surface area contributed by atoms with Gasteiger partial charge in [-0.2, -0.15) is 0 Å². The molecule has 0 unspecified atom stereocenters. The first-order valence-corrected chi connectivity index (χ1v) is 7.77. The fourth-order valence-corrected chi connectivity index (χ4v) is 2.34. The van der Waals surface area contributed by atoms with Crippen LogP contribution in [0.25, 0.3) is 0 Å². The molecule has 122 valence electrons. The Morgan fingerprint density at radius 2 is 1.83 bits per heavy atom. The fraction of sp³-hybridized carbons (Fsp3) is 0.235. The van der Waals surface area contributed by atoms with Gasteiger partial charge in [0.05, 0.1) is 23.2 Å². The maximum Gasteiger partial charge on any atom is 0.258 e. The molecule has 0 aliphatic rings. The number of ether oxygens (including phenoxy) is 2. The zero-order valence-corrected chi connectivity index (χ0v) is 14.3. The highest BCUT2D eigenvalue weighted by Crippen LogP contribution is 2.26.